The Bertz CT molecular complexity index is 465. The van der Waals surface area contributed by atoms with E-state index < -0.39 is 5.60 Å². The van der Waals surface area contributed by atoms with Crippen molar-refractivity contribution in [1.82, 2.24) is 4.90 Å². The fraction of sp³-hybridized carbons (Fsp3) is 0.533. The van der Waals surface area contributed by atoms with Gasteiger partial charge >= 0.3 is 6.09 Å². The molecule has 1 atom stereocenters. The summed E-state index contributed by atoms with van der Waals surface area (Å²) in [5.41, 5.74) is 7.33. The molecule has 0 spiro atoms. The summed E-state index contributed by atoms with van der Waals surface area (Å²) in [5.74, 6) is 0.357. The van der Waals surface area contributed by atoms with Gasteiger partial charge in [-0.3, -0.25) is 0 Å². The molecular weight excluding hydrogens is 240 g/mol. The lowest BCUT2D eigenvalue weighted by molar-refractivity contribution is 0.0292. The Morgan fingerprint density at radius 1 is 1.42 bits per heavy atom. The van der Waals surface area contributed by atoms with Crippen LogP contribution in [0.3, 0.4) is 0 Å². The highest BCUT2D eigenvalue weighted by atomic mass is 16.6. The molecule has 1 heterocycles. The summed E-state index contributed by atoms with van der Waals surface area (Å²) >= 11 is 0. The number of nitrogens with zero attached hydrogens (tertiary/aromatic N) is 1. The average Bonchev–Trinajstić information content (AvgIpc) is 2.75. The Kier molecular flexibility index (Phi) is 3.69. The number of carbonyl (C=O) groups excluding carboxylic acids is 1. The van der Waals surface area contributed by atoms with Gasteiger partial charge in [0.15, 0.2) is 0 Å². The van der Waals surface area contributed by atoms with Crippen LogP contribution in [-0.2, 0) is 4.74 Å². The van der Waals surface area contributed by atoms with Crippen molar-refractivity contribution in [3.05, 3.63) is 29.8 Å². The summed E-state index contributed by atoms with van der Waals surface area (Å²) in [6, 6.07) is 7.90. The van der Waals surface area contributed by atoms with Crippen molar-refractivity contribution < 1.29 is 9.53 Å². The van der Waals surface area contributed by atoms with Gasteiger partial charge in [0, 0.05) is 24.7 Å². The number of carbonyl (C=O) groups is 1. The van der Waals surface area contributed by atoms with Crippen LogP contribution in [0, 0.1) is 0 Å². The van der Waals surface area contributed by atoms with E-state index in [9.17, 15) is 4.79 Å². The highest BCUT2D eigenvalue weighted by Crippen LogP contribution is 2.29. The van der Waals surface area contributed by atoms with E-state index in [1.165, 1.54) is 5.56 Å². The minimum absolute atomic E-state index is 0.223. The van der Waals surface area contributed by atoms with E-state index in [1.807, 2.05) is 39.0 Å². The molecule has 0 radical (unpaired) electrons. The number of anilines is 1. The largest absolute Gasteiger partial charge is 0.444 e. The molecule has 0 bridgehead atoms. The van der Waals surface area contributed by atoms with Crippen molar-refractivity contribution in [2.45, 2.75) is 38.7 Å². The maximum Gasteiger partial charge on any atom is 0.410 e. The van der Waals surface area contributed by atoms with Gasteiger partial charge < -0.3 is 15.4 Å². The van der Waals surface area contributed by atoms with Crippen molar-refractivity contribution in [2.24, 2.45) is 0 Å². The quantitative estimate of drug-likeness (QED) is 0.791. The van der Waals surface area contributed by atoms with Gasteiger partial charge in [-0.1, -0.05) is 12.1 Å². The molecule has 1 saturated heterocycles. The molecule has 1 aliphatic rings. The molecule has 0 unspecified atom stereocenters. The van der Waals surface area contributed by atoms with E-state index in [-0.39, 0.29) is 6.09 Å². The van der Waals surface area contributed by atoms with Crippen LogP contribution in [0.1, 0.15) is 38.7 Å². The molecule has 2 rings (SSSR count). The van der Waals surface area contributed by atoms with Crippen LogP contribution in [0.4, 0.5) is 10.5 Å². The van der Waals surface area contributed by atoms with Gasteiger partial charge in [0.25, 0.3) is 0 Å². The van der Waals surface area contributed by atoms with E-state index in [1.54, 1.807) is 4.90 Å². The first-order chi connectivity index (χ1) is 8.85. The lowest BCUT2D eigenvalue weighted by Gasteiger charge is -2.24. The molecule has 4 heteroatoms. The first kappa shape index (κ1) is 13.7. The van der Waals surface area contributed by atoms with Crippen molar-refractivity contribution in [1.29, 1.82) is 0 Å². The van der Waals surface area contributed by atoms with Crippen LogP contribution in [0.25, 0.3) is 0 Å². The zero-order valence-electron chi connectivity index (χ0n) is 11.8. The minimum Gasteiger partial charge on any atom is -0.444 e. The number of ether oxygens (including phenoxy) is 1. The topological polar surface area (TPSA) is 55.6 Å². The second-order valence-corrected chi connectivity index (χ2v) is 6.08. The molecular formula is C15H22N2O2. The number of nitrogens with two attached hydrogens (primary N) is 1. The van der Waals surface area contributed by atoms with Gasteiger partial charge in [-0.05, 0) is 44.9 Å². The lowest BCUT2D eigenvalue weighted by atomic mass is 9.98. The van der Waals surface area contributed by atoms with Crippen LogP contribution in [-0.4, -0.2) is 29.7 Å². The molecule has 1 fully saturated rings. The number of nitrogen functional groups attached to an aromatic ring is 1. The van der Waals surface area contributed by atoms with Gasteiger partial charge in [-0.15, -0.1) is 0 Å². The predicted octanol–water partition coefficient (Wildman–Crippen LogP) is 2.99. The zero-order valence-corrected chi connectivity index (χ0v) is 11.8. The monoisotopic (exact) mass is 262 g/mol. The highest BCUT2D eigenvalue weighted by Gasteiger charge is 2.30. The van der Waals surface area contributed by atoms with E-state index in [2.05, 4.69) is 6.07 Å². The van der Waals surface area contributed by atoms with E-state index >= 15 is 0 Å². The number of hydrogen-bond donors (Lipinski definition) is 1. The summed E-state index contributed by atoms with van der Waals surface area (Å²) in [6.45, 7) is 7.11. The Morgan fingerprint density at radius 3 is 2.79 bits per heavy atom. The second-order valence-electron chi connectivity index (χ2n) is 6.08. The summed E-state index contributed by atoms with van der Waals surface area (Å²) in [7, 11) is 0. The number of rotatable bonds is 1. The summed E-state index contributed by atoms with van der Waals surface area (Å²) in [6.07, 6.45) is 0.738. The van der Waals surface area contributed by atoms with Crippen LogP contribution < -0.4 is 5.73 Å². The summed E-state index contributed by atoms with van der Waals surface area (Å²) in [5, 5.41) is 0. The third-order valence-electron chi connectivity index (χ3n) is 3.22. The molecule has 0 aliphatic carbocycles. The van der Waals surface area contributed by atoms with E-state index in [4.69, 9.17) is 10.5 Å². The van der Waals surface area contributed by atoms with Crippen LogP contribution in [0.15, 0.2) is 24.3 Å². The molecule has 104 valence electrons. The van der Waals surface area contributed by atoms with E-state index in [0.717, 1.165) is 18.7 Å². The Balaban J connectivity index is 1.98. The van der Waals surface area contributed by atoms with Crippen molar-refractivity contribution >= 4 is 11.8 Å². The maximum atomic E-state index is 12.0. The molecule has 2 N–H and O–H groups in total. The Morgan fingerprint density at radius 2 is 2.16 bits per heavy atom. The molecule has 1 aromatic carbocycles. The summed E-state index contributed by atoms with van der Waals surface area (Å²) < 4.78 is 5.39. The van der Waals surface area contributed by atoms with Gasteiger partial charge in [0.2, 0.25) is 0 Å². The second kappa shape index (κ2) is 5.11. The molecule has 4 nitrogen and oxygen atoms in total. The third kappa shape index (κ3) is 3.63. The fourth-order valence-corrected chi connectivity index (χ4v) is 2.34. The van der Waals surface area contributed by atoms with Crippen LogP contribution in [0.2, 0.25) is 0 Å². The van der Waals surface area contributed by atoms with Crippen molar-refractivity contribution in [2.75, 3.05) is 18.8 Å². The maximum absolute atomic E-state index is 12.0. The lowest BCUT2D eigenvalue weighted by Crippen LogP contribution is -2.35. The Labute approximate surface area is 114 Å². The first-order valence-corrected chi connectivity index (χ1v) is 6.68. The summed E-state index contributed by atoms with van der Waals surface area (Å²) in [4.78, 5) is 13.8. The normalized spacial score (nSPS) is 19.5. The number of hydrogen-bond acceptors (Lipinski definition) is 3. The van der Waals surface area contributed by atoms with Gasteiger partial charge in [-0.25, -0.2) is 4.79 Å². The molecule has 0 aromatic heterocycles. The zero-order chi connectivity index (χ0) is 14.0. The third-order valence-corrected chi connectivity index (χ3v) is 3.22. The molecule has 19 heavy (non-hydrogen) atoms. The van der Waals surface area contributed by atoms with Crippen molar-refractivity contribution in [3.8, 4) is 0 Å². The van der Waals surface area contributed by atoms with Crippen LogP contribution >= 0.6 is 0 Å². The first-order valence-electron chi connectivity index (χ1n) is 6.68. The smallest absolute Gasteiger partial charge is 0.410 e. The standard InChI is InChI=1S/C15H22N2O2/c1-15(2,3)19-14(18)17-8-7-12(10-17)11-5-4-6-13(16)9-11/h4-6,9,12H,7-8,10,16H2,1-3H3/t12-/m1/s1. The predicted molar refractivity (Wildman–Crippen MR) is 76.0 cm³/mol. The minimum atomic E-state index is -0.438. The molecule has 1 aliphatic heterocycles. The van der Waals surface area contributed by atoms with Crippen molar-refractivity contribution in [3.63, 3.8) is 0 Å². The fourth-order valence-electron chi connectivity index (χ4n) is 2.34. The number of benzene rings is 1. The molecule has 0 saturated carbocycles. The molecule has 1 amide bonds. The van der Waals surface area contributed by atoms with Gasteiger partial charge in [0.05, 0.1) is 0 Å². The number of amides is 1. The molecule has 1 aromatic rings. The number of likely N-dealkylation sites (tertiary alicyclic amines) is 1. The highest BCUT2D eigenvalue weighted by molar-refractivity contribution is 5.68. The van der Waals surface area contributed by atoms with Gasteiger partial charge in [-0.2, -0.15) is 0 Å². The average molecular weight is 262 g/mol. The van der Waals surface area contributed by atoms with E-state index in [0.29, 0.717) is 12.5 Å². The SMILES string of the molecule is CC(C)(C)OC(=O)N1CC[C@@H](c2cccc(N)c2)C1. The van der Waals surface area contributed by atoms with Crippen LogP contribution in [0.5, 0.6) is 0 Å². The van der Waals surface area contributed by atoms with Gasteiger partial charge in [0.1, 0.15) is 5.60 Å². The Hall–Kier alpha value is -1.71.